The van der Waals surface area contributed by atoms with Crippen LogP contribution in [0.15, 0.2) is 12.0 Å². The molecule has 4 aliphatic rings. The summed E-state index contributed by atoms with van der Waals surface area (Å²) in [6.45, 7) is 3.30. The van der Waals surface area contributed by atoms with E-state index in [0.717, 1.165) is 17.2 Å². The predicted octanol–water partition coefficient (Wildman–Crippen LogP) is 2.30. The average Bonchev–Trinajstić information content (AvgIpc) is 2.22. The highest BCUT2D eigenvalue weighted by atomic mass is 32.2. The zero-order chi connectivity index (χ0) is 11.3. The van der Waals surface area contributed by atoms with Gasteiger partial charge in [0.2, 0.25) is 0 Å². The van der Waals surface area contributed by atoms with Crippen LogP contribution in [0.5, 0.6) is 0 Å². The van der Waals surface area contributed by atoms with Crippen molar-refractivity contribution in [2.75, 3.05) is 0 Å². The predicted molar refractivity (Wildman–Crippen MR) is 61.0 cm³/mol. The van der Waals surface area contributed by atoms with Crippen LogP contribution in [0.4, 0.5) is 0 Å². The Hall–Kier alpha value is -0.350. The molecule has 0 aromatic heterocycles. The fourth-order valence-electron chi connectivity index (χ4n) is 4.23. The van der Waals surface area contributed by atoms with Crippen LogP contribution in [0, 0.1) is 23.7 Å². The lowest BCUT2D eigenvalue weighted by Gasteiger charge is -2.53. The summed E-state index contributed by atoms with van der Waals surface area (Å²) in [6.07, 6.45) is 5.99. The minimum absolute atomic E-state index is 0.0594. The van der Waals surface area contributed by atoms with Gasteiger partial charge in [0.1, 0.15) is 0 Å². The Balaban J connectivity index is 1.79. The summed E-state index contributed by atoms with van der Waals surface area (Å²) < 4.78 is 28.2. The van der Waals surface area contributed by atoms with Gasteiger partial charge >= 0.3 is 0 Å². The monoisotopic (exact) mass is 242 g/mol. The summed E-state index contributed by atoms with van der Waals surface area (Å²) in [5.74, 6) is 2.64. The molecule has 0 N–H and O–H groups in total. The van der Waals surface area contributed by atoms with Crippen LogP contribution in [-0.2, 0) is 14.3 Å². The van der Waals surface area contributed by atoms with E-state index in [1.54, 1.807) is 0 Å². The van der Waals surface area contributed by atoms with Crippen molar-refractivity contribution < 1.29 is 12.6 Å². The summed E-state index contributed by atoms with van der Waals surface area (Å²) in [5.41, 5.74) is 0. The van der Waals surface area contributed by atoms with E-state index in [-0.39, 0.29) is 6.10 Å². The van der Waals surface area contributed by atoms with Crippen molar-refractivity contribution in [3.63, 3.8) is 0 Å². The lowest BCUT2D eigenvalue weighted by molar-refractivity contribution is -0.0758. The summed E-state index contributed by atoms with van der Waals surface area (Å²) >= 11 is 0. The van der Waals surface area contributed by atoms with Crippen LogP contribution >= 0.6 is 0 Å². The van der Waals surface area contributed by atoms with Gasteiger partial charge in [0.25, 0.3) is 10.1 Å². The first-order valence-corrected chi connectivity index (χ1v) is 7.60. The van der Waals surface area contributed by atoms with Gasteiger partial charge in [0, 0.05) is 0 Å². The van der Waals surface area contributed by atoms with Crippen molar-refractivity contribution in [3.05, 3.63) is 12.0 Å². The van der Waals surface area contributed by atoms with Crippen molar-refractivity contribution >= 4 is 10.1 Å². The Morgan fingerprint density at radius 2 is 1.50 bits per heavy atom. The molecule has 4 saturated carbocycles. The van der Waals surface area contributed by atoms with Gasteiger partial charge in [-0.2, -0.15) is 8.42 Å². The Morgan fingerprint density at radius 1 is 1.00 bits per heavy atom. The van der Waals surface area contributed by atoms with Gasteiger partial charge in [0.15, 0.2) is 0 Å². The zero-order valence-electron chi connectivity index (χ0n) is 9.34. The molecule has 16 heavy (non-hydrogen) atoms. The minimum atomic E-state index is -3.50. The number of hydrogen-bond donors (Lipinski definition) is 0. The third-order valence-corrected chi connectivity index (χ3v) is 5.49. The first-order chi connectivity index (χ1) is 7.57. The molecule has 0 spiro atoms. The molecule has 0 atom stereocenters. The standard InChI is InChI=1S/C12H18O3S/c1-2-16(13,14)15-12-10-4-8-3-9(6-10)7-11(12)5-8/h2,8-12H,1,3-7H2. The molecule has 0 heterocycles. The molecule has 90 valence electrons. The van der Waals surface area contributed by atoms with E-state index in [9.17, 15) is 8.42 Å². The van der Waals surface area contributed by atoms with Crippen LogP contribution in [-0.4, -0.2) is 14.5 Å². The third-order valence-electron chi connectivity index (χ3n) is 4.59. The van der Waals surface area contributed by atoms with Gasteiger partial charge < -0.3 is 0 Å². The largest absolute Gasteiger partial charge is 0.289 e. The topological polar surface area (TPSA) is 43.4 Å². The van der Waals surface area contributed by atoms with Gasteiger partial charge in [-0.1, -0.05) is 6.58 Å². The van der Waals surface area contributed by atoms with E-state index in [1.807, 2.05) is 0 Å². The Labute approximate surface area is 97.0 Å². The van der Waals surface area contributed by atoms with Crippen molar-refractivity contribution in [3.8, 4) is 0 Å². The molecule has 0 radical (unpaired) electrons. The molecule has 4 bridgehead atoms. The van der Waals surface area contributed by atoms with Crippen molar-refractivity contribution in [2.45, 2.75) is 38.2 Å². The van der Waals surface area contributed by atoms with Crippen LogP contribution in [0.1, 0.15) is 32.1 Å². The van der Waals surface area contributed by atoms with Gasteiger partial charge in [-0.15, -0.1) is 0 Å². The molecule has 0 amide bonds. The van der Waals surface area contributed by atoms with E-state index >= 15 is 0 Å². The van der Waals surface area contributed by atoms with Gasteiger partial charge in [-0.05, 0) is 55.8 Å². The number of rotatable bonds is 3. The van der Waals surface area contributed by atoms with Crippen molar-refractivity contribution in [2.24, 2.45) is 23.7 Å². The van der Waals surface area contributed by atoms with Crippen molar-refractivity contribution in [1.82, 2.24) is 0 Å². The molecule has 0 aromatic carbocycles. The van der Waals surface area contributed by atoms with Gasteiger partial charge in [-0.3, -0.25) is 4.18 Å². The average molecular weight is 242 g/mol. The minimum Gasteiger partial charge on any atom is -0.263 e. The molecule has 4 heteroatoms. The summed E-state index contributed by atoms with van der Waals surface area (Å²) in [7, 11) is -3.50. The Bertz CT molecular complexity index is 370. The van der Waals surface area contributed by atoms with E-state index < -0.39 is 10.1 Å². The second-order valence-electron chi connectivity index (χ2n) is 5.65. The maximum atomic E-state index is 11.5. The highest BCUT2D eigenvalue weighted by Crippen LogP contribution is 2.54. The quantitative estimate of drug-likeness (QED) is 0.713. The molecule has 4 rings (SSSR count). The Morgan fingerprint density at radius 3 is 1.94 bits per heavy atom. The SMILES string of the molecule is C=CS(=O)(=O)OC1C2CC3CC(C2)CC1C3. The molecule has 4 fully saturated rings. The number of hydrogen-bond acceptors (Lipinski definition) is 3. The molecular weight excluding hydrogens is 224 g/mol. The van der Waals surface area contributed by atoms with E-state index in [1.165, 1.54) is 32.1 Å². The maximum absolute atomic E-state index is 11.5. The molecular formula is C12H18O3S. The normalized spacial score (nSPS) is 45.9. The first kappa shape index (κ1) is 10.8. The molecule has 0 aromatic rings. The molecule has 4 aliphatic carbocycles. The van der Waals surface area contributed by atoms with Crippen LogP contribution in [0.2, 0.25) is 0 Å². The van der Waals surface area contributed by atoms with E-state index in [4.69, 9.17) is 4.18 Å². The van der Waals surface area contributed by atoms with Crippen LogP contribution in [0.25, 0.3) is 0 Å². The van der Waals surface area contributed by atoms with E-state index in [2.05, 4.69) is 6.58 Å². The van der Waals surface area contributed by atoms with Crippen LogP contribution < -0.4 is 0 Å². The second kappa shape index (κ2) is 3.57. The van der Waals surface area contributed by atoms with Crippen LogP contribution in [0.3, 0.4) is 0 Å². The van der Waals surface area contributed by atoms with E-state index in [0.29, 0.717) is 11.8 Å². The second-order valence-corrected chi connectivity index (χ2v) is 7.16. The summed E-state index contributed by atoms with van der Waals surface area (Å²) in [6, 6.07) is 0. The summed E-state index contributed by atoms with van der Waals surface area (Å²) in [5, 5.41) is 0.929. The molecule has 3 nitrogen and oxygen atoms in total. The van der Waals surface area contributed by atoms with Gasteiger partial charge in [0.05, 0.1) is 11.5 Å². The lowest BCUT2D eigenvalue weighted by Crippen LogP contribution is -2.49. The van der Waals surface area contributed by atoms with Gasteiger partial charge in [-0.25, -0.2) is 0 Å². The highest BCUT2D eigenvalue weighted by Gasteiger charge is 2.49. The lowest BCUT2D eigenvalue weighted by atomic mass is 9.55. The Kier molecular flexibility index (Phi) is 2.41. The molecule has 0 unspecified atom stereocenters. The molecule has 0 saturated heterocycles. The first-order valence-electron chi connectivity index (χ1n) is 6.13. The maximum Gasteiger partial charge on any atom is 0.289 e. The smallest absolute Gasteiger partial charge is 0.263 e. The fourth-order valence-corrected chi connectivity index (χ4v) is 4.93. The third kappa shape index (κ3) is 1.72. The summed E-state index contributed by atoms with van der Waals surface area (Å²) in [4.78, 5) is 0. The highest BCUT2D eigenvalue weighted by molar-refractivity contribution is 7.89. The van der Waals surface area contributed by atoms with Crippen molar-refractivity contribution in [1.29, 1.82) is 0 Å². The molecule has 0 aliphatic heterocycles. The fraction of sp³-hybridized carbons (Fsp3) is 0.833. The zero-order valence-corrected chi connectivity index (χ0v) is 10.2.